The van der Waals surface area contributed by atoms with E-state index in [0.717, 1.165) is 22.5 Å². The van der Waals surface area contributed by atoms with E-state index >= 15 is 0 Å². The number of rotatable bonds is 5. The van der Waals surface area contributed by atoms with E-state index in [1.807, 2.05) is 31.2 Å². The molecule has 0 unspecified atom stereocenters. The number of nitrogens with one attached hydrogen (secondary N) is 1. The summed E-state index contributed by atoms with van der Waals surface area (Å²) in [6.07, 6.45) is 1.79. The highest BCUT2D eigenvalue weighted by atomic mass is 79.9. The molecule has 5 heteroatoms. The van der Waals surface area contributed by atoms with Crippen molar-refractivity contribution in [3.05, 3.63) is 46.7 Å². The zero-order chi connectivity index (χ0) is 12.8. The zero-order valence-corrected chi connectivity index (χ0v) is 12.5. The Bertz CT molecular complexity index is 519. The molecule has 0 spiro atoms. The Balaban J connectivity index is 2.02. The summed E-state index contributed by atoms with van der Waals surface area (Å²) in [7, 11) is 0. The minimum atomic E-state index is 0.697. The zero-order valence-electron chi connectivity index (χ0n) is 10.1. The fourth-order valence-corrected chi connectivity index (χ4v) is 2.91. The fraction of sp³-hybridized carbons (Fsp3) is 0.231. The Kier molecular flexibility index (Phi) is 5.01. The Hall–Kier alpha value is -1.07. The van der Waals surface area contributed by atoms with Crippen LogP contribution in [0.3, 0.4) is 0 Å². The number of anilines is 1. The lowest BCUT2D eigenvalue weighted by Crippen LogP contribution is -2.03. The molecule has 1 N–H and O–H groups in total. The van der Waals surface area contributed by atoms with Crippen LogP contribution in [0, 0.1) is 0 Å². The van der Waals surface area contributed by atoms with Crippen molar-refractivity contribution in [1.82, 2.24) is 9.97 Å². The first-order valence-electron chi connectivity index (χ1n) is 5.72. The molecule has 1 aromatic heterocycles. The molecule has 3 nitrogen and oxygen atoms in total. The standard InChI is InChI=1S/C13H14BrN3S/c1-2-15-13-16-8-7-10(17-13)9-18-12-6-4-3-5-11(12)14/h3-8H,2,9H2,1H3,(H,15,16,17). The van der Waals surface area contributed by atoms with Crippen LogP contribution in [-0.4, -0.2) is 16.5 Å². The number of hydrogen-bond acceptors (Lipinski definition) is 4. The maximum Gasteiger partial charge on any atom is 0.222 e. The van der Waals surface area contributed by atoms with E-state index in [-0.39, 0.29) is 0 Å². The molecule has 2 aromatic rings. The normalized spacial score (nSPS) is 10.3. The van der Waals surface area contributed by atoms with E-state index in [2.05, 4.69) is 37.3 Å². The molecule has 0 bridgehead atoms. The molecule has 94 valence electrons. The third kappa shape index (κ3) is 3.71. The molecule has 1 heterocycles. The first kappa shape index (κ1) is 13.4. The summed E-state index contributed by atoms with van der Waals surface area (Å²) in [5.41, 5.74) is 1.03. The molecular weight excluding hydrogens is 310 g/mol. The Morgan fingerprint density at radius 1 is 1.28 bits per heavy atom. The summed E-state index contributed by atoms with van der Waals surface area (Å²) in [5.74, 6) is 1.53. The summed E-state index contributed by atoms with van der Waals surface area (Å²) in [5, 5.41) is 3.12. The molecule has 18 heavy (non-hydrogen) atoms. The van der Waals surface area contributed by atoms with Crippen molar-refractivity contribution < 1.29 is 0 Å². The Morgan fingerprint density at radius 3 is 2.89 bits per heavy atom. The van der Waals surface area contributed by atoms with Crippen molar-refractivity contribution >= 4 is 33.6 Å². The first-order chi connectivity index (χ1) is 8.79. The van der Waals surface area contributed by atoms with Crippen LogP contribution < -0.4 is 5.32 Å². The van der Waals surface area contributed by atoms with Gasteiger partial charge in [-0.2, -0.15) is 0 Å². The van der Waals surface area contributed by atoms with E-state index in [9.17, 15) is 0 Å². The molecule has 2 rings (SSSR count). The Morgan fingerprint density at radius 2 is 2.11 bits per heavy atom. The monoisotopic (exact) mass is 323 g/mol. The van der Waals surface area contributed by atoms with E-state index < -0.39 is 0 Å². The molecule has 0 radical (unpaired) electrons. The maximum absolute atomic E-state index is 4.45. The van der Waals surface area contributed by atoms with Crippen LogP contribution in [0.4, 0.5) is 5.95 Å². The van der Waals surface area contributed by atoms with Crippen LogP contribution in [0.15, 0.2) is 45.9 Å². The van der Waals surface area contributed by atoms with Gasteiger partial charge in [0.25, 0.3) is 0 Å². The molecule has 1 aromatic carbocycles. The van der Waals surface area contributed by atoms with Gasteiger partial charge in [0.1, 0.15) is 0 Å². The minimum Gasteiger partial charge on any atom is -0.354 e. The highest BCUT2D eigenvalue weighted by Crippen LogP contribution is 2.29. The second-order valence-corrected chi connectivity index (χ2v) is 5.49. The fourth-order valence-electron chi connectivity index (χ4n) is 1.43. The molecule has 0 fully saturated rings. The van der Waals surface area contributed by atoms with Gasteiger partial charge in [0.2, 0.25) is 5.95 Å². The molecule has 0 saturated carbocycles. The van der Waals surface area contributed by atoms with Crippen LogP contribution in [0.25, 0.3) is 0 Å². The van der Waals surface area contributed by atoms with Gasteiger partial charge in [0.05, 0.1) is 5.69 Å². The average Bonchev–Trinajstić information content (AvgIpc) is 2.39. The predicted octanol–water partition coefficient (Wildman–Crippen LogP) is 3.96. The first-order valence-corrected chi connectivity index (χ1v) is 7.50. The quantitative estimate of drug-likeness (QED) is 0.845. The summed E-state index contributed by atoms with van der Waals surface area (Å²) < 4.78 is 1.12. The van der Waals surface area contributed by atoms with Crippen LogP contribution in [0.5, 0.6) is 0 Å². The van der Waals surface area contributed by atoms with Gasteiger partial charge in [-0.15, -0.1) is 11.8 Å². The predicted molar refractivity (Wildman–Crippen MR) is 79.9 cm³/mol. The number of benzene rings is 1. The van der Waals surface area contributed by atoms with Gasteiger partial charge in [0, 0.05) is 27.9 Å². The van der Waals surface area contributed by atoms with Gasteiger partial charge < -0.3 is 5.32 Å². The van der Waals surface area contributed by atoms with Gasteiger partial charge in [-0.3, -0.25) is 0 Å². The molecule has 0 saturated heterocycles. The largest absolute Gasteiger partial charge is 0.354 e. The number of aromatic nitrogens is 2. The second kappa shape index (κ2) is 6.75. The molecular formula is C13H14BrN3S. The number of hydrogen-bond donors (Lipinski definition) is 1. The molecule has 0 aliphatic carbocycles. The molecule has 0 atom stereocenters. The lowest BCUT2D eigenvalue weighted by Gasteiger charge is -2.05. The van der Waals surface area contributed by atoms with Crippen molar-refractivity contribution in [3.8, 4) is 0 Å². The van der Waals surface area contributed by atoms with E-state index in [0.29, 0.717) is 5.95 Å². The van der Waals surface area contributed by atoms with E-state index in [1.165, 1.54) is 4.90 Å². The summed E-state index contributed by atoms with van der Waals surface area (Å²) in [6, 6.07) is 10.2. The van der Waals surface area contributed by atoms with Gasteiger partial charge in [-0.05, 0) is 41.1 Å². The highest BCUT2D eigenvalue weighted by molar-refractivity contribution is 9.10. The molecule has 0 amide bonds. The van der Waals surface area contributed by atoms with Gasteiger partial charge in [-0.25, -0.2) is 9.97 Å². The molecule has 0 aliphatic rings. The van der Waals surface area contributed by atoms with E-state index in [4.69, 9.17) is 0 Å². The molecule has 0 aliphatic heterocycles. The minimum absolute atomic E-state index is 0.697. The van der Waals surface area contributed by atoms with Crippen LogP contribution in [0.2, 0.25) is 0 Å². The summed E-state index contributed by atoms with van der Waals surface area (Å²) >= 11 is 5.31. The number of halogens is 1. The summed E-state index contributed by atoms with van der Waals surface area (Å²) in [6.45, 7) is 2.87. The van der Waals surface area contributed by atoms with Crippen LogP contribution in [-0.2, 0) is 5.75 Å². The lowest BCUT2D eigenvalue weighted by atomic mass is 10.4. The van der Waals surface area contributed by atoms with Gasteiger partial charge in [-0.1, -0.05) is 12.1 Å². The highest BCUT2D eigenvalue weighted by Gasteiger charge is 2.02. The number of thioether (sulfide) groups is 1. The smallest absolute Gasteiger partial charge is 0.222 e. The van der Waals surface area contributed by atoms with E-state index in [1.54, 1.807) is 18.0 Å². The van der Waals surface area contributed by atoms with Crippen molar-refractivity contribution in [1.29, 1.82) is 0 Å². The SMILES string of the molecule is CCNc1nccc(CSc2ccccc2Br)n1. The van der Waals surface area contributed by atoms with Crippen molar-refractivity contribution in [3.63, 3.8) is 0 Å². The van der Waals surface area contributed by atoms with Crippen LogP contribution in [0.1, 0.15) is 12.6 Å². The summed E-state index contributed by atoms with van der Waals surface area (Å²) in [4.78, 5) is 9.83. The average molecular weight is 324 g/mol. The third-order valence-corrected chi connectivity index (χ3v) is 4.32. The number of nitrogens with zero attached hydrogens (tertiary/aromatic N) is 2. The van der Waals surface area contributed by atoms with Crippen molar-refractivity contribution in [2.75, 3.05) is 11.9 Å². The van der Waals surface area contributed by atoms with Crippen LogP contribution >= 0.6 is 27.7 Å². The topological polar surface area (TPSA) is 37.8 Å². The van der Waals surface area contributed by atoms with Gasteiger partial charge >= 0.3 is 0 Å². The van der Waals surface area contributed by atoms with Gasteiger partial charge in [0.15, 0.2) is 0 Å². The third-order valence-electron chi connectivity index (χ3n) is 2.26. The van der Waals surface area contributed by atoms with Crippen molar-refractivity contribution in [2.45, 2.75) is 17.6 Å². The second-order valence-electron chi connectivity index (χ2n) is 3.62. The lowest BCUT2D eigenvalue weighted by molar-refractivity contribution is 1.04. The maximum atomic E-state index is 4.45. The Labute approximate surface area is 120 Å². The van der Waals surface area contributed by atoms with Crippen molar-refractivity contribution in [2.24, 2.45) is 0 Å².